The molecule has 168 valence electrons. The summed E-state index contributed by atoms with van der Waals surface area (Å²) in [5, 5.41) is 7.00. The zero-order valence-electron chi connectivity index (χ0n) is 19.0. The van der Waals surface area contributed by atoms with Crippen LogP contribution in [0.4, 0.5) is 0 Å². The second kappa shape index (κ2) is 11.5. The van der Waals surface area contributed by atoms with Gasteiger partial charge in [0.05, 0.1) is 18.9 Å². The Morgan fingerprint density at radius 3 is 2.44 bits per heavy atom. The monoisotopic (exact) mass is 430 g/mol. The first-order valence-corrected chi connectivity index (χ1v) is 11.7. The molecule has 0 aliphatic carbocycles. The average molecular weight is 431 g/mol. The third-order valence-corrected chi connectivity index (χ3v) is 5.94. The first-order chi connectivity index (χ1) is 15.8. The molecule has 2 N–H and O–H groups in total. The Hall–Kier alpha value is -3.12. The van der Waals surface area contributed by atoms with E-state index >= 15 is 0 Å². The van der Waals surface area contributed by atoms with Crippen molar-refractivity contribution < 1.29 is 0 Å². The molecule has 1 aromatic heterocycles. The molecule has 1 aliphatic heterocycles. The molecule has 1 saturated heterocycles. The first kappa shape index (κ1) is 22.1. The van der Waals surface area contributed by atoms with E-state index in [2.05, 4.69) is 86.6 Å². The SMILES string of the molecule is CCNC(=NCc1ccc(Cn2ccnc2)cc1)NCC(c1ccccc1)N1CCCC1. The summed E-state index contributed by atoms with van der Waals surface area (Å²) in [7, 11) is 0. The number of nitrogens with zero attached hydrogens (tertiary/aromatic N) is 4. The normalized spacial score (nSPS) is 15.6. The minimum absolute atomic E-state index is 0.366. The number of benzene rings is 2. The van der Waals surface area contributed by atoms with Crippen LogP contribution in [0.5, 0.6) is 0 Å². The molecule has 0 saturated carbocycles. The van der Waals surface area contributed by atoms with Gasteiger partial charge in [0.25, 0.3) is 0 Å². The highest BCUT2D eigenvalue weighted by molar-refractivity contribution is 5.79. The van der Waals surface area contributed by atoms with Crippen molar-refractivity contribution in [1.29, 1.82) is 0 Å². The van der Waals surface area contributed by atoms with E-state index in [0.717, 1.165) is 25.6 Å². The maximum atomic E-state index is 4.84. The van der Waals surface area contributed by atoms with Gasteiger partial charge in [-0.1, -0.05) is 54.6 Å². The Labute approximate surface area is 191 Å². The fourth-order valence-corrected chi connectivity index (χ4v) is 4.23. The zero-order valence-corrected chi connectivity index (χ0v) is 19.0. The molecule has 2 aromatic carbocycles. The standard InChI is InChI=1S/C26H34N6/c1-2-28-26(29-18-22-10-12-23(13-11-22)20-31-17-14-27-21-31)30-19-25(32-15-6-7-16-32)24-8-4-3-5-9-24/h3-5,8-14,17,21,25H,2,6-7,15-16,18-20H2,1H3,(H2,28,29,30). The summed E-state index contributed by atoms with van der Waals surface area (Å²) in [5.41, 5.74) is 3.83. The van der Waals surface area contributed by atoms with E-state index < -0.39 is 0 Å². The van der Waals surface area contributed by atoms with E-state index in [4.69, 9.17) is 4.99 Å². The number of aromatic nitrogens is 2. The molecule has 6 heteroatoms. The van der Waals surface area contributed by atoms with Gasteiger partial charge in [-0.3, -0.25) is 4.90 Å². The molecular formula is C26H34N6. The second-order valence-corrected chi connectivity index (χ2v) is 8.30. The smallest absolute Gasteiger partial charge is 0.191 e. The molecule has 1 unspecified atom stereocenters. The average Bonchev–Trinajstić information content (AvgIpc) is 3.54. The molecule has 1 aliphatic rings. The van der Waals surface area contributed by atoms with Crippen molar-refractivity contribution in [1.82, 2.24) is 25.1 Å². The summed E-state index contributed by atoms with van der Waals surface area (Å²) < 4.78 is 2.07. The molecule has 4 rings (SSSR count). The summed E-state index contributed by atoms with van der Waals surface area (Å²) >= 11 is 0. The van der Waals surface area contributed by atoms with E-state index in [1.54, 1.807) is 0 Å². The van der Waals surface area contributed by atoms with Crippen LogP contribution in [-0.2, 0) is 13.1 Å². The summed E-state index contributed by atoms with van der Waals surface area (Å²) in [4.78, 5) is 11.5. The number of imidazole rings is 1. The second-order valence-electron chi connectivity index (χ2n) is 8.30. The lowest BCUT2D eigenvalue weighted by Gasteiger charge is -2.29. The molecular weight excluding hydrogens is 396 g/mol. The van der Waals surface area contributed by atoms with Gasteiger partial charge in [0.15, 0.2) is 5.96 Å². The highest BCUT2D eigenvalue weighted by Crippen LogP contribution is 2.24. The van der Waals surface area contributed by atoms with Gasteiger partial charge in [0.1, 0.15) is 0 Å². The van der Waals surface area contributed by atoms with Gasteiger partial charge in [-0.2, -0.15) is 0 Å². The third kappa shape index (κ3) is 6.20. The summed E-state index contributed by atoms with van der Waals surface area (Å²) in [6, 6.07) is 19.9. The van der Waals surface area contributed by atoms with Gasteiger partial charge < -0.3 is 15.2 Å². The highest BCUT2D eigenvalue weighted by atomic mass is 15.2. The van der Waals surface area contributed by atoms with Crippen LogP contribution < -0.4 is 10.6 Å². The lowest BCUT2D eigenvalue weighted by Crippen LogP contribution is -2.42. The Balaban J connectivity index is 1.37. The predicted octanol–water partition coefficient (Wildman–Crippen LogP) is 3.82. The van der Waals surface area contributed by atoms with Gasteiger partial charge in [0.2, 0.25) is 0 Å². The molecule has 2 heterocycles. The van der Waals surface area contributed by atoms with E-state index in [1.165, 1.54) is 42.6 Å². The van der Waals surface area contributed by atoms with Crippen molar-refractivity contribution >= 4 is 5.96 Å². The summed E-state index contributed by atoms with van der Waals surface area (Å²) in [6.45, 7) is 7.62. The van der Waals surface area contributed by atoms with E-state index in [9.17, 15) is 0 Å². The Kier molecular flexibility index (Phi) is 7.93. The molecule has 32 heavy (non-hydrogen) atoms. The lowest BCUT2D eigenvalue weighted by atomic mass is 10.1. The van der Waals surface area contributed by atoms with Crippen LogP contribution in [-0.4, -0.2) is 46.6 Å². The number of guanidine groups is 1. The molecule has 0 radical (unpaired) electrons. The first-order valence-electron chi connectivity index (χ1n) is 11.7. The number of hydrogen-bond acceptors (Lipinski definition) is 3. The van der Waals surface area contributed by atoms with Crippen LogP contribution >= 0.6 is 0 Å². The number of nitrogens with one attached hydrogen (secondary N) is 2. The number of hydrogen-bond donors (Lipinski definition) is 2. The van der Waals surface area contributed by atoms with Crippen molar-refractivity contribution in [2.45, 2.75) is 38.9 Å². The van der Waals surface area contributed by atoms with Gasteiger partial charge in [-0.15, -0.1) is 0 Å². The van der Waals surface area contributed by atoms with Crippen molar-refractivity contribution in [2.75, 3.05) is 26.2 Å². The molecule has 1 fully saturated rings. The van der Waals surface area contributed by atoms with Crippen molar-refractivity contribution in [3.63, 3.8) is 0 Å². The van der Waals surface area contributed by atoms with E-state index in [-0.39, 0.29) is 0 Å². The quantitative estimate of drug-likeness (QED) is 0.400. The van der Waals surface area contributed by atoms with Crippen molar-refractivity contribution in [2.24, 2.45) is 4.99 Å². The summed E-state index contributed by atoms with van der Waals surface area (Å²) in [5.74, 6) is 0.870. The van der Waals surface area contributed by atoms with Crippen LogP contribution in [0.2, 0.25) is 0 Å². The molecule has 6 nitrogen and oxygen atoms in total. The zero-order chi connectivity index (χ0) is 22.0. The van der Waals surface area contributed by atoms with Crippen molar-refractivity contribution in [3.8, 4) is 0 Å². The number of rotatable bonds is 9. The Morgan fingerprint density at radius 1 is 1.00 bits per heavy atom. The van der Waals surface area contributed by atoms with Crippen LogP contribution in [0.25, 0.3) is 0 Å². The molecule has 0 amide bonds. The highest BCUT2D eigenvalue weighted by Gasteiger charge is 2.23. The lowest BCUT2D eigenvalue weighted by molar-refractivity contribution is 0.245. The number of aliphatic imine (C=N–C) groups is 1. The van der Waals surface area contributed by atoms with Gasteiger partial charge in [-0.05, 0) is 49.5 Å². The fourth-order valence-electron chi connectivity index (χ4n) is 4.23. The van der Waals surface area contributed by atoms with Crippen LogP contribution in [0.3, 0.4) is 0 Å². The maximum absolute atomic E-state index is 4.84. The van der Waals surface area contributed by atoms with Gasteiger partial charge >= 0.3 is 0 Å². The van der Waals surface area contributed by atoms with Crippen LogP contribution in [0.1, 0.15) is 42.5 Å². The Morgan fingerprint density at radius 2 is 1.75 bits per heavy atom. The fraction of sp³-hybridized carbons (Fsp3) is 0.385. The van der Waals surface area contributed by atoms with Crippen molar-refractivity contribution in [3.05, 3.63) is 90.0 Å². The van der Waals surface area contributed by atoms with E-state index in [0.29, 0.717) is 12.6 Å². The molecule has 3 aromatic rings. The molecule has 1 atom stereocenters. The molecule has 0 bridgehead atoms. The largest absolute Gasteiger partial charge is 0.357 e. The molecule has 0 spiro atoms. The summed E-state index contributed by atoms with van der Waals surface area (Å²) in [6.07, 6.45) is 8.21. The minimum Gasteiger partial charge on any atom is -0.357 e. The maximum Gasteiger partial charge on any atom is 0.191 e. The minimum atomic E-state index is 0.366. The number of likely N-dealkylation sites (tertiary alicyclic amines) is 1. The third-order valence-electron chi connectivity index (χ3n) is 5.94. The van der Waals surface area contributed by atoms with Crippen LogP contribution in [0.15, 0.2) is 78.3 Å². The van der Waals surface area contributed by atoms with Crippen LogP contribution in [0, 0.1) is 0 Å². The van der Waals surface area contributed by atoms with Gasteiger partial charge in [-0.25, -0.2) is 9.98 Å². The topological polar surface area (TPSA) is 57.5 Å². The van der Waals surface area contributed by atoms with Gasteiger partial charge in [0, 0.05) is 32.0 Å². The van der Waals surface area contributed by atoms with E-state index in [1.807, 2.05) is 18.7 Å². The Bertz CT molecular complexity index is 944. The predicted molar refractivity (Wildman–Crippen MR) is 131 cm³/mol.